The summed E-state index contributed by atoms with van der Waals surface area (Å²) >= 11 is 4.76. The number of hydrogen-bond donors (Lipinski definition) is 2. The molecule has 1 nitrogen and oxygen atoms in total. The van der Waals surface area contributed by atoms with Crippen molar-refractivity contribution < 1.29 is 5.11 Å². The third kappa shape index (κ3) is 8.15. The first-order chi connectivity index (χ1) is 11.1. The van der Waals surface area contributed by atoms with Crippen molar-refractivity contribution in [2.45, 2.75) is 96.7 Å². The maximum absolute atomic E-state index is 9.85. The van der Waals surface area contributed by atoms with E-state index in [0.717, 1.165) is 17.5 Å². The van der Waals surface area contributed by atoms with Gasteiger partial charge in [-0.3, -0.25) is 0 Å². The van der Waals surface area contributed by atoms with Crippen molar-refractivity contribution in [1.82, 2.24) is 0 Å². The molecule has 0 amide bonds. The molecule has 1 atom stereocenters. The van der Waals surface area contributed by atoms with Gasteiger partial charge in [0.1, 0.15) is 5.75 Å². The van der Waals surface area contributed by atoms with E-state index in [1.54, 1.807) is 0 Å². The van der Waals surface area contributed by atoms with E-state index in [1.165, 1.54) is 69.8 Å². The number of phenols is 1. The SMILES string of the molecule is CCCCCCCCCCCCC(S)c1cc(C)c(O)c(C)c1. The van der Waals surface area contributed by atoms with Crippen molar-refractivity contribution in [3.05, 3.63) is 28.8 Å². The number of aryl methyl sites for hydroxylation is 2. The van der Waals surface area contributed by atoms with Gasteiger partial charge < -0.3 is 5.11 Å². The van der Waals surface area contributed by atoms with Gasteiger partial charge in [0.15, 0.2) is 0 Å². The van der Waals surface area contributed by atoms with Crippen LogP contribution < -0.4 is 0 Å². The lowest BCUT2D eigenvalue weighted by molar-refractivity contribution is 0.466. The summed E-state index contributed by atoms with van der Waals surface area (Å²) in [6, 6.07) is 4.16. The maximum Gasteiger partial charge on any atom is 0.121 e. The number of rotatable bonds is 12. The van der Waals surface area contributed by atoms with Gasteiger partial charge in [0.2, 0.25) is 0 Å². The van der Waals surface area contributed by atoms with E-state index < -0.39 is 0 Å². The van der Waals surface area contributed by atoms with E-state index in [1.807, 2.05) is 13.8 Å². The van der Waals surface area contributed by atoms with Crippen LogP contribution in [0.25, 0.3) is 0 Å². The van der Waals surface area contributed by atoms with E-state index in [-0.39, 0.29) is 0 Å². The number of thiol groups is 1. The van der Waals surface area contributed by atoms with E-state index in [9.17, 15) is 5.11 Å². The highest BCUT2D eigenvalue weighted by Gasteiger charge is 2.10. The number of phenolic OH excluding ortho intramolecular Hbond substituents is 1. The third-order valence-corrected chi connectivity index (χ3v) is 5.29. The fourth-order valence-corrected chi connectivity index (χ4v) is 3.51. The van der Waals surface area contributed by atoms with Crippen LogP contribution in [-0.4, -0.2) is 5.11 Å². The molecule has 0 spiro atoms. The zero-order chi connectivity index (χ0) is 17.1. The Morgan fingerprint density at radius 3 is 1.74 bits per heavy atom. The summed E-state index contributed by atoms with van der Waals surface area (Å²) < 4.78 is 0. The molecule has 1 N–H and O–H groups in total. The topological polar surface area (TPSA) is 20.2 Å². The Balaban J connectivity index is 2.12. The molecule has 1 rings (SSSR count). The van der Waals surface area contributed by atoms with Crippen LogP contribution >= 0.6 is 12.6 Å². The molecule has 1 unspecified atom stereocenters. The van der Waals surface area contributed by atoms with Crippen LogP contribution in [0.1, 0.15) is 99.5 Å². The average molecular weight is 337 g/mol. The Morgan fingerprint density at radius 2 is 1.26 bits per heavy atom. The Kier molecular flexibility index (Phi) is 10.5. The lowest BCUT2D eigenvalue weighted by Crippen LogP contribution is -1.94. The van der Waals surface area contributed by atoms with Crippen LogP contribution in [0, 0.1) is 13.8 Å². The van der Waals surface area contributed by atoms with Crippen molar-refractivity contribution in [3.63, 3.8) is 0 Å². The standard InChI is InChI=1S/C21H36OS/c1-4-5-6-7-8-9-10-11-12-13-14-20(23)19-15-17(2)21(22)18(3)16-19/h15-16,20,22-23H,4-14H2,1-3H3. The minimum Gasteiger partial charge on any atom is -0.507 e. The van der Waals surface area contributed by atoms with Crippen molar-refractivity contribution in [1.29, 1.82) is 0 Å². The Labute approximate surface area is 149 Å². The molecule has 1 aromatic rings. The number of unbranched alkanes of at least 4 members (excludes halogenated alkanes) is 9. The van der Waals surface area contributed by atoms with E-state index in [2.05, 4.69) is 19.1 Å². The first-order valence-corrected chi connectivity index (χ1v) is 10.1. The van der Waals surface area contributed by atoms with Crippen LogP contribution in [0.5, 0.6) is 5.75 Å². The number of hydrogen-bond acceptors (Lipinski definition) is 2. The predicted molar refractivity (Wildman–Crippen MR) is 106 cm³/mol. The molecule has 0 heterocycles. The second kappa shape index (κ2) is 11.8. The highest BCUT2D eigenvalue weighted by atomic mass is 32.1. The summed E-state index contributed by atoms with van der Waals surface area (Å²) in [7, 11) is 0. The first kappa shape index (κ1) is 20.4. The average Bonchev–Trinajstić information content (AvgIpc) is 2.53. The van der Waals surface area contributed by atoms with Gasteiger partial charge in [-0.25, -0.2) is 0 Å². The molecule has 23 heavy (non-hydrogen) atoms. The van der Waals surface area contributed by atoms with Gasteiger partial charge in [0.25, 0.3) is 0 Å². The fraction of sp³-hybridized carbons (Fsp3) is 0.714. The monoisotopic (exact) mass is 336 g/mol. The molecular formula is C21H36OS. The van der Waals surface area contributed by atoms with Gasteiger partial charge >= 0.3 is 0 Å². The van der Waals surface area contributed by atoms with Crippen molar-refractivity contribution in [3.8, 4) is 5.75 Å². The van der Waals surface area contributed by atoms with E-state index in [4.69, 9.17) is 12.6 Å². The molecule has 0 aliphatic heterocycles. The lowest BCUT2D eigenvalue weighted by Gasteiger charge is -2.14. The van der Waals surface area contributed by atoms with Crippen LogP contribution in [0.3, 0.4) is 0 Å². The lowest BCUT2D eigenvalue weighted by atomic mass is 9.99. The van der Waals surface area contributed by atoms with Crippen LogP contribution in [-0.2, 0) is 0 Å². The molecule has 1 aromatic carbocycles. The molecule has 0 saturated heterocycles. The zero-order valence-electron chi connectivity index (χ0n) is 15.4. The van der Waals surface area contributed by atoms with Crippen molar-refractivity contribution in [2.24, 2.45) is 0 Å². The molecule has 0 aliphatic rings. The van der Waals surface area contributed by atoms with Gasteiger partial charge in [-0.15, -0.1) is 0 Å². The van der Waals surface area contributed by atoms with Crippen molar-refractivity contribution >= 4 is 12.6 Å². The molecule has 0 radical (unpaired) electrons. The van der Waals surface area contributed by atoms with Crippen LogP contribution in [0.4, 0.5) is 0 Å². The second-order valence-electron chi connectivity index (χ2n) is 6.99. The van der Waals surface area contributed by atoms with Gasteiger partial charge in [-0.2, -0.15) is 12.6 Å². The largest absolute Gasteiger partial charge is 0.507 e. The summed E-state index contributed by atoms with van der Waals surface area (Å²) in [6.45, 7) is 6.20. The minimum atomic E-state index is 0.294. The molecule has 0 saturated carbocycles. The predicted octanol–water partition coefficient (Wildman–Crippen LogP) is 7.29. The highest BCUT2D eigenvalue weighted by molar-refractivity contribution is 7.80. The Morgan fingerprint density at radius 1 is 0.826 bits per heavy atom. The van der Waals surface area contributed by atoms with Gasteiger partial charge in [-0.05, 0) is 37.0 Å². The highest BCUT2D eigenvalue weighted by Crippen LogP contribution is 2.31. The van der Waals surface area contributed by atoms with Gasteiger partial charge in [0, 0.05) is 5.25 Å². The summed E-state index contributed by atoms with van der Waals surface area (Å²) in [5.41, 5.74) is 3.17. The zero-order valence-corrected chi connectivity index (χ0v) is 16.3. The Hall–Kier alpha value is -0.630. The molecule has 0 aliphatic carbocycles. The van der Waals surface area contributed by atoms with Crippen LogP contribution in [0.2, 0.25) is 0 Å². The van der Waals surface area contributed by atoms with Gasteiger partial charge in [-0.1, -0.05) is 83.3 Å². The third-order valence-electron chi connectivity index (χ3n) is 4.73. The second-order valence-corrected chi connectivity index (χ2v) is 7.61. The maximum atomic E-state index is 9.85. The molecule has 0 aromatic heterocycles. The van der Waals surface area contributed by atoms with Crippen molar-refractivity contribution in [2.75, 3.05) is 0 Å². The molecule has 0 fully saturated rings. The summed E-state index contributed by atoms with van der Waals surface area (Å²) in [5.74, 6) is 0.424. The summed E-state index contributed by atoms with van der Waals surface area (Å²) in [6.07, 6.45) is 14.9. The Bertz CT molecular complexity index is 418. The molecule has 132 valence electrons. The smallest absolute Gasteiger partial charge is 0.121 e. The van der Waals surface area contributed by atoms with E-state index >= 15 is 0 Å². The fourth-order valence-electron chi connectivity index (χ4n) is 3.17. The number of benzene rings is 1. The normalized spacial score (nSPS) is 12.5. The minimum absolute atomic E-state index is 0.294. The first-order valence-electron chi connectivity index (χ1n) is 9.54. The summed E-state index contributed by atoms with van der Waals surface area (Å²) in [4.78, 5) is 0. The molecule has 2 heteroatoms. The molecular weight excluding hydrogens is 300 g/mol. The quantitative estimate of drug-likeness (QED) is 0.303. The summed E-state index contributed by atoms with van der Waals surface area (Å²) in [5, 5.41) is 10.1. The van der Waals surface area contributed by atoms with Gasteiger partial charge in [0.05, 0.1) is 0 Å². The number of aromatic hydroxyl groups is 1. The van der Waals surface area contributed by atoms with Crippen LogP contribution in [0.15, 0.2) is 12.1 Å². The molecule has 0 bridgehead atoms. The van der Waals surface area contributed by atoms with E-state index in [0.29, 0.717) is 11.0 Å².